The van der Waals surface area contributed by atoms with Gasteiger partial charge in [-0.15, -0.1) is 0 Å². The van der Waals surface area contributed by atoms with Crippen LogP contribution in [0.4, 0.5) is 27.5 Å². The van der Waals surface area contributed by atoms with Gasteiger partial charge in [0, 0.05) is 22.7 Å². The molecule has 0 aliphatic carbocycles. The molecule has 0 fully saturated rings. The minimum atomic E-state index is -3.53. The van der Waals surface area contributed by atoms with Gasteiger partial charge in [-0.3, -0.25) is 10.0 Å². The second kappa shape index (κ2) is 8.25. The van der Waals surface area contributed by atoms with Gasteiger partial charge < -0.3 is 16.2 Å². The van der Waals surface area contributed by atoms with Crippen molar-refractivity contribution in [2.45, 2.75) is 6.42 Å². The molecular formula is C16H20N4O4S. The van der Waals surface area contributed by atoms with Crippen LogP contribution in [-0.2, 0) is 14.8 Å². The summed E-state index contributed by atoms with van der Waals surface area (Å²) in [6.07, 6.45) is -0.493. The van der Waals surface area contributed by atoms with E-state index in [0.717, 1.165) is 0 Å². The number of carbonyl (C=O) groups excluding carboxylic acids is 1. The molecule has 25 heavy (non-hydrogen) atoms. The van der Waals surface area contributed by atoms with E-state index < -0.39 is 16.1 Å². The number of ether oxygens (including phenoxy) is 1. The maximum atomic E-state index is 11.9. The second-order valence-corrected chi connectivity index (χ2v) is 7.12. The molecule has 2 aromatic rings. The van der Waals surface area contributed by atoms with Crippen molar-refractivity contribution in [3.63, 3.8) is 0 Å². The van der Waals surface area contributed by atoms with E-state index in [2.05, 4.69) is 10.0 Å². The molecule has 2 rings (SSSR count). The highest BCUT2D eigenvalue weighted by molar-refractivity contribution is 7.92. The summed E-state index contributed by atoms with van der Waals surface area (Å²) in [6.45, 7) is -0.0244. The first-order chi connectivity index (χ1) is 11.8. The Bertz CT molecular complexity index is 805. The van der Waals surface area contributed by atoms with E-state index in [1.165, 1.54) is 0 Å². The summed E-state index contributed by atoms with van der Waals surface area (Å²) >= 11 is 0. The highest BCUT2D eigenvalue weighted by atomic mass is 32.2. The molecule has 6 N–H and O–H groups in total. The molecule has 2 aromatic carbocycles. The average molecular weight is 364 g/mol. The first-order valence-electron chi connectivity index (χ1n) is 7.49. The van der Waals surface area contributed by atoms with Gasteiger partial charge in [-0.2, -0.15) is 0 Å². The molecular weight excluding hydrogens is 344 g/mol. The van der Waals surface area contributed by atoms with Crippen LogP contribution in [0.3, 0.4) is 0 Å². The summed E-state index contributed by atoms with van der Waals surface area (Å²) in [5.41, 5.74) is 13.2. The molecule has 0 heterocycles. The Kier molecular flexibility index (Phi) is 6.07. The minimum absolute atomic E-state index is 0.0244. The number of hydrogen-bond acceptors (Lipinski definition) is 6. The minimum Gasteiger partial charge on any atom is -0.449 e. The Balaban J connectivity index is 1.71. The van der Waals surface area contributed by atoms with Crippen molar-refractivity contribution in [1.82, 2.24) is 0 Å². The van der Waals surface area contributed by atoms with E-state index in [1.54, 1.807) is 48.5 Å². The molecule has 9 heteroatoms. The lowest BCUT2D eigenvalue weighted by Crippen LogP contribution is -2.20. The summed E-state index contributed by atoms with van der Waals surface area (Å²) in [5, 5.41) is 2.52. The zero-order chi connectivity index (χ0) is 18.3. The van der Waals surface area contributed by atoms with Gasteiger partial charge in [0.2, 0.25) is 10.0 Å². The predicted octanol–water partition coefficient (Wildman–Crippen LogP) is 2.23. The number of sulfonamides is 1. The molecule has 0 aliphatic rings. The molecule has 0 radical (unpaired) electrons. The summed E-state index contributed by atoms with van der Waals surface area (Å²) in [7, 11) is -3.53. The number of rotatable bonds is 7. The molecule has 0 aromatic heterocycles. The third-order valence-corrected chi connectivity index (χ3v) is 4.50. The number of amides is 1. The third kappa shape index (κ3) is 6.60. The quantitative estimate of drug-likeness (QED) is 0.439. The maximum absolute atomic E-state index is 11.9. The number of benzene rings is 2. The zero-order valence-corrected chi connectivity index (χ0v) is 14.3. The second-order valence-electron chi connectivity index (χ2n) is 5.28. The zero-order valence-electron chi connectivity index (χ0n) is 13.4. The van der Waals surface area contributed by atoms with Gasteiger partial charge in [0.15, 0.2) is 0 Å². The normalized spacial score (nSPS) is 10.9. The smallest absolute Gasteiger partial charge is 0.411 e. The van der Waals surface area contributed by atoms with Crippen molar-refractivity contribution < 1.29 is 17.9 Å². The number of hydrogen-bond donors (Lipinski definition) is 4. The molecule has 0 atom stereocenters. The van der Waals surface area contributed by atoms with Crippen molar-refractivity contribution in [2.24, 2.45) is 0 Å². The van der Waals surface area contributed by atoms with Crippen LogP contribution in [0.25, 0.3) is 0 Å². The van der Waals surface area contributed by atoms with Gasteiger partial charge in [0.1, 0.15) is 0 Å². The average Bonchev–Trinajstić information content (AvgIpc) is 2.56. The standard InChI is InChI=1S/C16H20N4O4S/c17-12-2-6-14(7-3-12)19-16(21)24-10-1-11-25(22,23)20-15-8-4-13(18)5-9-15/h2-9,20H,1,10-11,17-18H2,(H,19,21). The maximum Gasteiger partial charge on any atom is 0.411 e. The molecule has 134 valence electrons. The summed E-state index contributed by atoms with van der Waals surface area (Å²) in [5.74, 6) is -0.174. The van der Waals surface area contributed by atoms with E-state index in [0.29, 0.717) is 22.7 Å². The SMILES string of the molecule is Nc1ccc(NC(=O)OCCCS(=O)(=O)Nc2ccc(N)cc2)cc1. The van der Waals surface area contributed by atoms with Crippen LogP contribution in [0.2, 0.25) is 0 Å². The summed E-state index contributed by atoms with van der Waals surface area (Å²) < 4.78 is 31.3. The lowest BCUT2D eigenvalue weighted by atomic mass is 10.3. The largest absolute Gasteiger partial charge is 0.449 e. The predicted molar refractivity (Wildman–Crippen MR) is 98.7 cm³/mol. The fourth-order valence-electron chi connectivity index (χ4n) is 1.92. The molecule has 0 bridgehead atoms. The van der Waals surface area contributed by atoms with E-state index in [1.807, 2.05) is 0 Å². The Labute approximate surface area is 146 Å². The summed E-state index contributed by atoms with van der Waals surface area (Å²) in [6, 6.07) is 12.9. The van der Waals surface area contributed by atoms with Crippen LogP contribution in [0.15, 0.2) is 48.5 Å². The van der Waals surface area contributed by atoms with Crippen molar-refractivity contribution in [2.75, 3.05) is 33.9 Å². The number of nitrogens with two attached hydrogens (primary N) is 2. The van der Waals surface area contributed by atoms with Crippen LogP contribution in [0.1, 0.15) is 6.42 Å². The number of nitrogen functional groups attached to an aromatic ring is 2. The summed E-state index contributed by atoms with van der Waals surface area (Å²) in [4.78, 5) is 11.6. The van der Waals surface area contributed by atoms with E-state index >= 15 is 0 Å². The Morgan fingerprint density at radius 3 is 2.00 bits per heavy atom. The molecule has 0 saturated carbocycles. The van der Waals surface area contributed by atoms with Crippen molar-refractivity contribution in [1.29, 1.82) is 0 Å². The Morgan fingerprint density at radius 1 is 0.920 bits per heavy atom. The van der Waals surface area contributed by atoms with Gasteiger partial charge in [-0.25, -0.2) is 13.2 Å². The van der Waals surface area contributed by atoms with Crippen LogP contribution >= 0.6 is 0 Å². The van der Waals surface area contributed by atoms with Crippen LogP contribution in [0.5, 0.6) is 0 Å². The van der Waals surface area contributed by atoms with Gasteiger partial charge >= 0.3 is 6.09 Å². The molecule has 0 spiro atoms. The topological polar surface area (TPSA) is 137 Å². The molecule has 8 nitrogen and oxygen atoms in total. The van der Waals surface area contributed by atoms with E-state index in [4.69, 9.17) is 16.2 Å². The van der Waals surface area contributed by atoms with Crippen molar-refractivity contribution in [3.05, 3.63) is 48.5 Å². The van der Waals surface area contributed by atoms with Crippen molar-refractivity contribution >= 4 is 38.9 Å². The van der Waals surface area contributed by atoms with Crippen molar-refractivity contribution in [3.8, 4) is 0 Å². The lowest BCUT2D eigenvalue weighted by Gasteiger charge is -2.09. The van der Waals surface area contributed by atoms with E-state index in [9.17, 15) is 13.2 Å². The van der Waals surface area contributed by atoms with Gasteiger partial charge in [-0.1, -0.05) is 0 Å². The number of carbonyl (C=O) groups is 1. The lowest BCUT2D eigenvalue weighted by molar-refractivity contribution is 0.162. The fraction of sp³-hybridized carbons (Fsp3) is 0.188. The molecule has 0 saturated heterocycles. The van der Waals surface area contributed by atoms with Gasteiger partial charge in [0.05, 0.1) is 12.4 Å². The third-order valence-electron chi connectivity index (χ3n) is 3.13. The van der Waals surface area contributed by atoms with Gasteiger partial charge in [-0.05, 0) is 55.0 Å². The fourth-order valence-corrected chi connectivity index (χ4v) is 3.01. The number of nitrogens with one attached hydrogen (secondary N) is 2. The molecule has 1 amide bonds. The number of anilines is 4. The first-order valence-corrected chi connectivity index (χ1v) is 9.15. The van der Waals surface area contributed by atoms with Crippen LogP contribution in [0, 0.1) is 0 Å². The van der Waals surface area contributed by atoms with E-state index in [-0.39, 0.29) is 18.8 Å². The molecule has 0 unspecified atom stereocenters. The van der Waals surface area contributed by atoms with Crippen LogP contribution < -0.4 is 21.5 Å². The Hall–Kier alpha value is -2.94. The molecule has 0 aliphatic heterocycles. The van der Waals surface area contributed by atoms with Crippen LogP contribution in [-0.4, -0.2) is 26.9 Å². The highest BCUT2D eigenvalue weighted by Gasteiger charge is 2.11. The Morgan fingerprint density at radius 2 is 1.44 bits per heavy atom. The highest BCUT2D eigenvalue weighted by Crippen LogP contribution is 2.13. The van der Waals surface area contributed by atoms with Gasteiger partial charge in [0.25, 0.3) is 0 Å². The first kappa shape index (κ1) is 18.4. The monoisotopic (exact) mass is 364 g/mol.